The van der Waals surface area contributed by atoms with Crippen LogP contribution < -0.4 is 5.32 Å². The van der Waals surface area contributed by atoms with Gasteiger partial charge in [-0.3, -0.25) is 4.79 Å². The minimum Gasteiger partial charge on any atom is -0.480 e. The summed E-state index contributed by atoms with van der Waals surface area (Å²) in [5.41, 5.74) is -4.36. The van der Waals surface area contributed by atoms with E-state index >= 15 is 0 Å². The number of aliphatic carboxylic acids is 1. The van der Waals surface area contributed by atoms with Gasteiger partial charge in [-0.1, -0.05) is 0 Å². The van der Waals surface area contributed by atoms with E-state index in [9.17, 15) is 35.9 Å². The van der Waals surface area contributed by atoms with Crippen LogP contribution in [-0.2, 0) is 17.1 Å². The molecule has 0 aliphatic rings. The summed E-state index contributed by atoms with van der Waals surface area (Å²) in [5, 5.41) is 10.6. The zero-order chi connectivity index (χ0) is 18.7. The van der Waals surface area contributed by atoms with Gasteiger partial charge in [0.05, 0.1) is 11.1 Å². The van der Waals surface area contributed by atoms with Crippen LogP contribution >= 0.6 is 0 Å². The quantitative estimate of drug-likeness (QED) is 0.646. The number of rotatable bonds is 4. The number of hydrogen-bond donors (Lipinski definition) is 2. The van der Waals surface area contributed by atoms with Gasteiger partial charge in [-0.15, -0.1) is 12.3 Å². The fraction of sp³-hybridized carbons (Fsp3) is 0.286. The highest BCUT2D eigenvalue weighted by molar-refractivity contribution is 5.97. The molecule has 10 heteroatoms. The van der Waals surface area contributed by atoms with E-state index in [0.717, 1.165) is 0 Å². The van der Waals surface area contributed by atoms with Crippen molar-refractivity contribution < 1.29 is 41.0 Å². The monoisotopic (exact) mass is 353 g/mol. The molecule has 0 spiro atoms. The SMILES string of the molecule is C#CC[C@H](NC(=O)c1cc(C(F)(F)F)cc(C(F)(F)F)c1)C(=O)O. The van der Waals surface area contributed by atoms with E-state index in [-0.39, 0.29) is 18.2 Å². The number of hydrogen-bond acceptors (Lipinski definition) is 2. The highest BCUT2D eigenvalue weighted by Crippen LogP contribution is 2.36. The molecule has 0 saturated carbocycles. The van der Waals surface area contributed by atoms with Crippen molar-refractivity contribution in [3.8, 4) is 12.3 Å². The first-order valence-corrected chi connectivity index (χ1v) is 6.13. The van der Waals surface area contributed by atoms with Crippen molar-refractivity contribution >= 4 is 11.9 Å². The lowest BCUT2D eigenvalue weighted by molar-refractivity contribution is -0.143. The van der Waals surface area contributed by atoms with Crippen molar-refractivity contribution in [1.29, 1.82) is 0 Å². The molecule has 2 N–H and O–H groups in total. The van der Waals surface area contributed by atoms with Gasteiger partial charge in [0.1, 0.15) is 6.04 Å². The van der Waals surface area contributed by atoms with Gasteiger partial charge >= 0.3 is 18.3 Å². The summed E-state index contributed by atoms with van der Waals surface area (Å²) in [6.45, 7) is 0. The number of carbonyl (C=O) groups is 2. The van der Waals surface area contributed by atoms with Crippen LogP contribution in [-0.4, -0.2) is 23.0 Å². The Kier molecular flexibility index (Phi) is 5.50. The van der Waals surface area contributed by atoms with Crippen LogP contribution in [0.1, 0.15) is 27.9 Å². The molecular weight excluding hydrogens is 344 g/mol. The molecule has 0 aromatic heterocycles. The summed E-state index contributed by atoms with van der Waals surface area (Å²) in [7, 11) is 0. The second-order valence-corrected chi connectivity index (χ2v) is 4.57. The molecule has 1 aromatic carbocycles. The van der Waals surface area contributed by atoms with Gasteiger partial charge < -0.3 is 10.4 Å². The first-order chi connectivity index (χ1) is 10.9. The van der Waals surface area contributed by atoms with Crippen LogP contribution in [0.4, 0.5) is 26.3 Å². The van der Waals surface area contributed by atoms with E-state index in [1.165, 1.54) is 0 Å². The maximum absolute atomic E-state index is 12.7. The van der Waals surface area contributed by atoms with Crippen LogP contribution in [0.5, 0.6) is 0 Å². The maximum atomic E-state index is 12.7. The second kappa shape index (κ2) is 6.82. The Hall–Kier alpha value is -2.70. The molecule has 1 aromatic rings. The number of nitrogens with one attached hydrogen (secondary N) is 1. The van der Waals surface area contributed by atoms with E-state index in [4.69, 9.17) is 11.5 Å². The van der Waals surface area contributed by atoms with E-state index in [1.807, 2.05) is 5.92 Å². The van der Waals surface area contributed by atoms with Gasteiger partial charge in [0, 0.05) is 12.0 Å². The fourth-order valence-corrected chi connectivity index (χ4v) is 1.65. The summed E-state index contributed by atoms with van der Waals surface area (Å²) < 4.78 is 76.1. The van der Waals surface area contributed by atoms with Gasteiger partial charge in [-0.2, -0.15) is 26.3 Å². The van der Waals surface area contributed by atoms with E-state index in [1.54, 1.807) is 5.32 Å². The van der Waals surface area contributed by atoms with Crippen molar-refractivity contribution in [1.82, 2.24) is 5.32 Å². The predicted octanol–water partition coefficient (Wildman–Crippen LogP) is 2.93. The van der Waals surface area contributed by atoms with Crippen molar-refractivity contribution in [2.24, 2.45) is 0 Å². The van der Waals surface area contributed by atoms with Crippen LogP contribution in [0.15, 0.2) is 18.2 Å². The van der Waals surface area contributed by atoms with Crippen LogP contribution in [0.3, 0.4) is 0 Å². The molecule has 4 nitrogen and oxygen atoms in total. The van der Waals surface area contributed by atoms with Gasteiger partial charge in [0.25, 0.3) is 5.91 Å². The van der Waals surface area contributed by atoms with E-state index in [0.29, 0.717) is 0 Å². The van der Waals surface area contributed by atoms with Gasteiger partial charge in [-0.05, 0) is 18.2 Å². The standard InChI is InChI=1S/C14H9F6NO3/c1-2-3-10(12(23)24)21-11(22)7-4-8(13(15,16)17)6-9(5-7)14(18,19)20/h1,4-6,10H,3H2,(H,21,22)(H,23,24)/t10-/m0/s1. The van der Waals surface area contributed by atoms with Gasteiger partial charge in [0.2, 0.25) is 0 Å². The smallest absolute Gasteiger partial charge is 0.416 e. The number of benzene rings is 1. The third-order valence-electron chi connectivity index (χ3n) is 2.78. The van der Waals surface area contributed by atoms with Crippen molar-refractivity contribution in [2.75, 3.05) is 0 Å². The lowest BCUT2D eigenvalue weighted by Gasteiger charge is -2.16. The van der Waals surface area contributed by atoms with E-state index in [2.05, 4.69) is 0 Å². The molecule has 0 bridgehead atoms. The van der Waals surface area contributed by atoms with Crippen LogP contribution in [0.2, 0.25) is 0 Å². The van der Waals surface area contributed by atoms with Crippen LogP contribution in [0.25, 0.3) is 0 Å². The second-order valence-electron chi connectivity index (χ2n) is 4.57. The average molecular weight is 353 g/mol. The fourth-order valence-electron chi connectivity index (χ4n) is 1.65. The normalized spacial score (nSPS) is 13.0. The zero-order valence-electron chi connectivity index (χ0n) is 11.6. The Bertz CT molecular complexity index is 655. The molecule has 0 unspecified atom stereocenters. The van der Waals surface area contributed by atoms with Crippen molar-refractivity contribution in [3.05, 3.63) is 34.9 Å². The lowest BCUT2D eigenvalue weighted by Crippen LogP contribution is -2.40. The first-order valence-electron chi connectivity index (χ1n) is 6.13. The average Bonchev–Trinajstić information content (AvgIpc) is 2.44. The topological polar surface area (TPSA) is 66.4 Å². The Morgan fingerprint density at radius 1 is 1.08 bits per heavy atom. The minimum atomic E-state index is -5.12. The van der Waals surface area contributed by atoms with E-state index < -0.39 is 53.4 Å². The Morgan fingerprint density at radius 3 is 1.88 bits per heavy atom. The van der Waals surface area contributed by atoms with Crippen molar-refractivity contribution in [3.63, 3.8) is 0 Å². The minimum absolute atomic E-state index is 0.146. The molecule has 1 rings (SSSR count). The maximum Gasteiger partial charge on any atom is 0.416 e. The Morgan fingerprint density at radius 2 is 1.54 bits per heavy atom. The largest absolute Gasteiger partial charge is 0.480 e. The molecule has 130 valence electrons. The Labute approximate surface area is 131 Å². The molecule has 0 radical (unpaired) electrons. The highest BCUT2D eigenvalue weighted by Gasteiger charge is 2.37. The van der Waals surface area contributed by atoms with Crippen molar-refractivity contribution in [2.45, 2.75) is 24.8 Å². The lowest BCUT2D eigenvalue weighted by atomic mass is 10.0. The molecule has 0 aliphatic carbocycles. The predicted molar refractivity (Wildman–Crippen MR) is 68.8 cm³/mol. The van der Waals surface area contributed by atoms with Gasteiger partial charge in [0.15, 0.2) is 0 Å². The number of halogens is 6. The molecular formula is C14H9F6NO3. The van der Waals surface area contributed by atoms with Crippen LogP contribution in [0, 0.1) is 12.3 Å². The number of carbonyl (C=O) groups excluding carboxylic acids is 1. The van der Waals surface area contributed by atoms with Gasteiger partial charge in [-0.25, -0.2) is 4.79 Å². The zero-order valence-corrected chi connectivity index (χ0v) is 11.6. The molecule has 1 amide bonds. The summed E-state index contributed by atoms with van der Waals surface area (Å²) in [4.78, 5) is 22.7. The summed E-state index contributed by atoms with van der Waals surface area (Å²) in [6, 6.07) is -1.41. The summed E-state index contributed by atoms with van der Waals surface area (Å²) >= 11 is 0. The molecule has 0 fully saturated rings. The molecule has 0 saturated heterocycles. The third kappa shape index (κ3) is 4.91. The number of carboxylic acid groups (broad SMARTS) is 1. The Balaban J connectivity index is 3.29. The third-order valence-corrected chi connectivity index (χ3v) is 2.78. The number of amides is 1. The highest BCUT2D eigenvalue weighted by atomic mass is 19.4. The molecule has 24 heavy (non-hydrogen) atoms. The number of terminal acetylenes is 1. The summed E-state index contributed by atoms with van der Waals surface area (Å²) in [5.74, 6) is -1.08. The molecule has 0 heterocycles. The first kappa shape index (κ1) is 19.3. The number of alkyl halides is 6. The summed E-state index contributed by atoms with van der Waals surface area (Å²) in [6.07, 6.45) is -5.86. The molecule has 0 aliphatic heterocycles. The molecule has 1 atom stereocenters. The number of carboxylic acids is 1.